The normalized spacial score (nSPS) is 11.5. The predicted molar refractivity (Wildman–Crippen MR) is 94.5 cm³/mol. The number of nitrogens with one attached hydrogen (secondary N) is 2. The maximum absolute atomic E-state index is 12.8. The highest BCUT2D eigenvalue weighted by molar-refractivity contribution is 5.93. The molecule has 2 N–H and O–H groups in total. The quantitative estimate of drug-likeness (QED) is 0.736. The molecular formula is C18H21F3N4O. The van der Waals surface area contributed by atoms with Crippen LogP contribution in [0.2, 0.25) is 0 Å². The van der Waals surface area contributed by atoms with Crippen molar-refractivity contribution in [3.63, 3.8) is 0 Å². The molecule has 1 aromatic heterocycles. The first-order chi connectivity index (χ1) is 12.3. The third-order valence-electron chi connectivity index (χ3n) is 3.54. The molecule has 0 saturated heterocycles. The third-order valence-corrected chi connectivity index (χ3v) is 3.54. The number of alkyl halides is 3. The zero-order valence-electron chi connectivity index (χ0n) is 14.6. The third kappa shape index (κ3) is 6.03. The minimum Gasteiger partial charge on any atom is -0.355 e. The Labute approximate surface area is 150 Å². The van der Waals surface area contributed by atoms with E-state index in [2.05, 4.69) is 15.6 Å². The van der Waals surface area contributed by atoms with Gasteiger partial charge < -0.3 is 15.5 Å². The van der Waals surface area contributed by atoms with Gasteiger partial charge in [-0.05, 0) is 57.4 Å². The Morgan fingerprint density at radius 1 is 1.15 bits per heavy atom. The summed E-state index contributed by atoms with van der Waals surface area (Å²) in [5.74, 6) is -0.323. The summed E-state index contributed by atoms with van der Waals surface area (Å²) in [5.41, 5.74) is 0.225. The summed E-state index contributed by atoms with van der Waals surface area (Å²) >= 11 is 0. The highest BCUT2D eigenvalue weighted by atomic mass is 19.4. The van der Waals surface area contributed by atoms with Crippen molar-refractivity contribution in [2.45, 2.75) is 12.6 Å². The van der Waals surface area contributed by atoms with Gasteiger partial charge in [-0.15, -0.1) is 0 Å². The van der Waals surface area contributed by atoms with Crippen molar-refractivity contribution in [2.75, 3.05) is 32.5 Å². The summed E-state index contributed by atoms with van der Waals surface area (Å²) in [6, 6.07) is 7.96. The van der Waals surface area contributed by atoms with Gasteiger partial charge in [0.1, 0.15) is 5.69 Å². The van der Waals surface area contributed by atoms with Crippen molar-refractivity contribution in [1.82, 2.24) is 15.2 Å². The fourth-order valence-electron chi connectivity index (χ4n) is 2.26. The summed E-state index contributed by atoms with van der Waals surface area (Å²) in [6.07, 6.45) is -2.17. The number of aromatic nitrogens is 1. The van der Waals surface area contributed by atoms with Crippen LogP contribution in [0.3, 0.4) is 0 Å². The van der Waals surface area contributed by atoms with Crippen molar-refractivity contribution in [1.29, 1.82) is 0 Å². The Morgan fingerprint density at radius 3 is 2.58 bits per heavy atom. The van der Waals surface area contributed by atoms with Gasteiger partial charge in [0, 0.05) is 24.1 Å². The van der Waals surface area contributed by atoms with Gasteiger partial charge in [0.25, 0.3) is 5.91 Å². The first kappa shape index (κ1) is 19.7. The molecule has 0 unspecified atom stereocenters. The zero-order chi connectivity index (χ0) is 19.2. The van der Waals surface area contributed by atoms with Crippen LogP contribution < -0.4 is 10.6 Å². The number of hydrogen-bond donors (Lipinski definition) is 2. The topological polar surface area (TPSA) is 57.3 Å². The van der Waals surface area contributed by atoms with Gasteiger partial charge in [-0.1, -0.05) is 6.07 Å². The summed E-state index contributed by atoms with van der Waals surface area (Å²) in [5, 5.41) is 5.64. The molecule has 0 spiro atoms. The molecule has 0 atom stereocenters. The van der Waals surface area contributed by atoms with Crippen LogP contribution in [0.15, 0.2) is 42.6 Å². The molecule has 0 fully saturated rings. The van der Waals surface area contributed by atoms with Gasteiger partial charge in [0.2, 0.25) is 0 Å². The molecule has 140 valence electrons. The summed E-state index contributed by atoms with van der Waals surface area (Å²) in [7, 11) is 3.90. The van der Waals surface area contributed by atoms with Crippen LogP contribution in [0.25, 0.3) is 0 Å². The molecule has 26 heavy (non-hydrogen) atoms. The second-order valence-corrected chi connectivity index (χ2v) is 6.05. The van der Waals surface area contributed by atoms with Crippen molar-refractivity contribution in [3.8, 4) is 0 Å². The molecule has 0 aliphatic rings. The SMILES string of the molecule is CN(C)CCCNC(=O)c1cc(Nc2cccc(C(F)(F)F)c2)ccn1. The van der Waals surface area contributed by atoms with Crippen molar-refractivity contribution < 1.29 is 18.0 Å². The van der Waals surface area contributed by atoms with E-state index in [-0.39, 0.29) is 17.3 Å². The fraction of sp³-hybridized carbons (Fsp3) is 0.333. The number of carbonyl (C=O) groups is 1. The Morgan fingerprint density at radius 2 is 1.88 bits per heavy atom. The number of halogens is 3. The van der Waals surface area contributed by atoms with Crippen molar-refractivity contribution in [3.05, 3.63) is 53.9 Å². The number of carbonyl (C=O) groups excluding carboxylic acids is 1. The van der Waals surface area contributed by atoms with Gasteiger partial charge in [-0.3, -0.25) is 9.78 Å². The van der Waals surface area contributed by atoms with Crippen LogP contribution in [0, 0.1) is 0 Å². The van der Waals surface area contributed by atoms with E-state index in [1.54, 1.807) is 6.07 Å². The average Bonchev–Trinajstić information content (AvgIpc) is 2.58. The van der Waals surface area contributed by atoms with Crippen LogP contribution >= 0.6 is 0 Å². The average molecular weight is 366 g/mol. The van der Waals surface area contributed by atoms with Crippen molar-refractivity contribution >= 4 is 17.3 Å². The molecule has 5 nitrogen and oxygen atoms in total. The number of amides is 1. The minimum atomic E-state index is -4.41. The molecule has 0 bridgehead atoms. The highest BCUT2D eigenvalue weighted by Crippen LogP contribution is 2.31. The van der Waals surface area contributed by atoms with Crippen LogP contribution in [-0.2, 0) is 6.18 Å². The number of hydrogen-bond acceptors (Lipinski definition) is 4. The lowest BCUT2D eigenvalue weighted by Crippen LogP contribution is -2.27. The Kier molecular flexibility index (Phi) is 6.57. The van der Waals surface area contributed by atoms with Gasteiger partial charge in [0.05, 0.1) is 5.56 Å². The summed E-state index contributed by atoms with van der Waals surface area (Å²) < 4.78 is 38.3. The minimum absolute atomic E-state index is 0.201. The Hall–Kier alpha value is -2.61. The molecule has 0 aliphatic carbocycles. The zero-order valence-corrected chi connectivity index (χ0v) is 14.6. The molecule has 2 aromatic rings. The largest absolute Gasteiger partial charge is 0.416 e. The van der Waals surface area contributed by atoms with E-state index in [0.717, 1.165) is 25.1 Å². The van der Waals surface area contributed by atoms with Gasteiger partial charge >= 0.3 is 6.18 Å². The second kappa shape index (κ2) is 8.66. The molecule has 0 radical (unpaired) electrons. The van der Waals surface area contributed by atoms with E-state index in [4.69, 9.17) is 0 Å². The maximum atomic E-state index is 12.8. The molecular weight excluding hydrogens is 345 g/mol. The van der Waals surface area contributed by atoms with E-state index in [1.165, 1.54) is 24.4 Å². The fourth-order valence-corrected chi connectivity index (χ4v) is 2.26. The highest BCUT2D eigenvalue weighted by Gasteiger charge is 2.30. The van der Waals surface area contributed by atoms with Crippen LogP contribution in [0.5, 0.6) is 0 Å². The Bertz CT molecular complexity index is 747. The molecule has 1 amide bonds. The lowest BCUT2D eigenvalue weighted by molar-refractivity contribution is -0.137. The molecule has 0 aliphatic heterocycles. The molecule has 1 heterocycles. The van der Waals surface area contributed by atoms with Gasteiger partial charge in [0.15, 0.2) is 0 Å². The van der Waals surface area contributed by atoms with Crippen LogP contribution in [0.4, 0.5) is 24.5 Å². The number of benzene rings is 1. The van der Waals surface area contributed by atoms with Gasteiger partial charge in [-0.25, -0.2) is 0 Å². The molecule has 8 heteroatoms. The Balaban J connectivity index is 2.02. The van der Waals surface area contributed by atoms with Crippen LogP contribution in [0.1, 0.15) is 22.5 Å². The van der Waals surface area contributed by atoms with Gasteiger partial charge in [-0.2, -0.15) is 13.2 Å². The number of nitrogens with zero attached hydrogens (tertiary/aromatic N) is 2. The van der Waals surface area contributed by atoms with E-state index in [9.17, 15) is 18.0 Å². The lowest BCUT2D eigenvalue weighted by atomic mass is 10.2. The summed E-state index contributed by atoms with van der Waals surface area (Å²) in [6.45, 7) is 1.37. The van der Waals surface area contributed by atoms with Crippen LogP contribution in [-0.4, -0.2) is 43.0 Å². The molecule has 1 aromatic carbocycles. The smallest absolute Gasteiger partial charge is 0.355 e. The van der Waals surface area contributed by atoms with E-state index < -0.39 is 11.7 Å². The lowest BCUT2D eigenvalue weighted by Gasteiger charge is -2.12. The molecule has 2 rings (SSSR count). The van der Waals surface area contributed by atoms with E-state index in [1.807, 2.05) is 19.0 Å². The monoisotopic (exact) mass is 366 g/mol. The standard InChI is InChI=1S/C18H21F3N4O/c1-25(2)10-4-8-23-17(26)16-12-15(7-9-22-16)24-14-6-3-5-13(11-14)18(19,20)21/h3,5-7,9,11-12H,4,8,10H2,1-2H3,(H,22,24)(H,23,26). The first-order valence-corrected chi connectivity index (χ1v) is 8.09. The van der Waals surface area contributed by atoms with Crippen molar-refractivity contribution in [2.24, 2.45) is 0 Å². The number of pyridine rings is 1. The number of anilines is 2. The summed E-state index contributed by atoms with van der Waals surface area (Å²) in [4.78, 5) is 18.1. The predicted octanol–water partition coefficient (Wildman–Crippen LogP) is 3.53. The van der Waals surface area contributed by atoms with E-state index in [0.29, 0.717) is 12.2 Å². The molecule has 0 saturated carbocycles. The number of rotatable bonds is 7. The maximum Gasteiger partial charge on any atom is 0.416 e. The first-order valence-electron chi connectivity index (χ1n) is 8.09. The second-order valence-electron chi connectivity index (χ2n) is 6.05. The van der Waals surface area contributed by atoms with E-state index >= 15 is 0 Å².